The highest BCUT2D eigenvalue weighted by Crippen LogP contribution is 2.28. The molecular weight excluding hydrogens is 272 g/mol. The van der Waals surface area contributed by atoms with Crippen LogP contribution in [0.4, 0.5) is 0 Å². The van der Waals surface area contributed by atoms with Crippen LogP contribution in [0.2, 0.25) is 0 Å². The lowest BCUT2D eigenvalue weighted by Gasteiger charge is -2.09. The fraction of sp³-hybridized carbons (Fsp3) is 0.308. The molecule has 0 saturated heterocycles. The normalized spacial score (nSPS) is 12.9. The molecule has 0 saturated carbocycles. The molecule has 20 heavy (non-hydrogen) atoms. The maximum atomic E-state index is 6.11. The first-order valence-corrected chi connectivity index (χ1v) is 7.34. The van der Waals surface area contributed by atoms with Gasteiger partial charge in [-0.2, -0.15) is 5.10 Å². The van der Waals surface area contributed by atoms with Crippen molar-refractivity contribution in [3.63, 3.8) is 0 Å². The summed E-state index contributed by atoms with van der Waals surface area (Å²) in [7, 11) is 0. The van der Waals surface area contributed by atoms with Crippen LogP contribution in [0, 0.1) is 0 Å². The second kappa shape index (κ2) is 5.64. The van der Waals surface area contributed by atoms with Gasteiger partial charge in [-0.05, 0) is 30.3 Å². The number of nitrogens with zero attached hydrogens (tertiary/aromatic N) is 4. The van der Waals surface area contributed by atoms with Gasteiger partial charge in [0, 0.05) is 18.7 Å². The van der Waals surface area contributed by atoms with E-state index in [1.54, 1.807) is 0 Å². The number of pyridine rings is 1. The first-order chi connectivity index (χ1) is 9.78. The molecule has 1 unspecified atom stereocenters. The van der Waals surface area contributed by atoms with Gasteiger partial charge in [0.15, 0.2) is 5.16 Å². The molecule has 3 aromatic rings. The summed E-state index contributed by atoms with van der Waals surface area (Å²) in [5.41, 5.74) is 8.16. The summed E-state index contributed by atoms with van der Waals surface area (Å²) in [5, 5.41) is 8.37. The van der Waals surface area contributed by atoms with Crippen LogP contribution in [0.25, 0.3) is 5.65 Å². The molecule has 0 aliphatic rings. The molecule has 0 aromatic carbocycles. The monoisotopic (exact) mass is 288 g/mol. The number of H-pyrrole nitrogens is 1. The fourth-order valence-corrected chi connectivity index (χ4v) is 2.84. The molecule has 3 rings (SSSR count). The van der Waals surface area contributed by atoms with Crippen molar-refractivity contribution < 1.29 is 0 Å². The summed E-state index contributed by atoms with van der Waals surface area (Å²) in [6.07, 6.45) is 5.24. The summed E-state index contributed by atoms with van der Waals surface area (Å²) < 4.78 is 2.09. The summed E-state index contributed by atoms with van der Waals surface area (Å²) in [4.78, 5) is 8.80. The Hall–Kier alpha value is -1.86. The first-order valence-electron chi connectivity index (χ1n) is 6.52. The van der Waals surface area contributed by atoms with Crippen molar-refractivity contribution in [2.45, 2.75) is 36.0 Å². The number of fused-ring (bicyclic) bond motifs is 1. The van der Waals surface area contributed by atoms with E-state index in [2.05, 4.69) is 31.5 Å². The molecular formula is C13H16N6S. The second-order valence-electron chi connectivity index (χ2n) is 4.56. The summed E-state index contributed by atoms with van der Waals surface area (Å²) >= 11 is 1.48. The van der Waals surface area contributed by atoms with Crippen LogP contribution in [-0.2, 0) is 6.42 Å². The highest BCUT2D eigenvalue weighted by Gasteiger charge is 2.16. The van der Waals surface area contributed by atoms with Crippen LogP contribution in [0.1, 0.15) is 19.0 Å². The predicted molar refractivity (Wildman–Crippen MR) is 77.7 cm³/mol. The standard InChI is InChI=1S/C13H16N6S/c1-2-9(14)7-10-12(20-13-15-8-16-18-13)17-11-5-3-4-6-19(10)11/h3-6,8-9H,2,7,14H2,1H3,(H,15,16,18). The van der Waals surface area contributed by atoms with Crippen molar-refractivity contribution in [3.05, 3.63) is 36.4 Å². The van der Waals surface area contributed by atoms with Crippen molar-refractivity contribution in [2.75, 3.05) is 0 Å². The summed E-state index contributed by atoms with van der Waals surface area (Å²) in [5.74, 6) is 0. The third-order valence-electron chi connectivity index (χ3n) is 3.16. The average Bonchev–Trinajstić information content (AvgIpc) is 3.08. The van der Waals surface area contributed by atoms with Crippen LogP contribution in [0.15, 0.2) is 40.9 Å². The number of aromatic amines is 1. The van der Waals surface area contributed by atoms with Gasteiger partial charge < -0.3 is 10.1 Å². The zero-order valence-corrected chi connectivity index (χ0v) is 12.0. The molecule has 1 atom stereocenters. The fourth-order valence-electron chi connectivity index (χ4n) is 2.02. The van der Waals surface area contributed by atoms with Gasteiger partial charge in [0.05, 0.1) is 5.69 Å². The number of nitrogens with one attached hydrogen (secondary N) is 1. The Morgan fingerprint density at radius 3 is 3.10 bits per heavy atom. The number of rotatable bonds is 5. The van der Waals surface area contributed by atoms with E-state index in [1.165, 1.54) is 18.1 Å². The number of imidazole rings is 1. The van der Waals surface area contributed by atoms with Crippen LogP contribution < -0.4 is 5.73 Å². The lowest BCUT2D eigenvalue weighted by atomic mass is 10.1. The molecule has 0 fully saturated rings. The molecule has 3 aromatic heterocycles. The smallest absolute Gasteiger partial charge is 0.189 e. The molecule has 0 aliphatic carbocycles. The number of hydrogen-bond acceptors (Lipinski definition) is 5. The van der Waals surface area contributed by atoms with E-state index in [4.69, 9.17) is 5.73 Å². The molecule has 6 nitrogen and oxygen atoms in total. The van der Waals surface area contributed by atoms with Crippen LogP contribution >= 0.6 is 11.8 Å². The molecule has 7 heteroatoms. The molecule has 0 bridgehead atoms. The van der Waals surface area contributed by atoms with Gasteiger partial charge in [-0.15, -0.1) is 0 Å². The Kier molecular flexibility index (Phi) is 3.70. The zero-order chi connectivity index (χ0) is 13.9. The van der Waals surface area contributed by atoms with Crippen LogP contribution in [0.5, 0.6) is 0 Å². The maximum absolute atomic E-state index is 6.11. The third kappa shape index (κ3) is 2.54. The SMILES string of the molecule is CCC(N)Cc1c(Sc2ncn[nH]2)nc2ccccn12. The topological polar surface area (TPSA) is 84.9 Å². The van der Waals surface area contributed by atoms with Gasteiger partial charge in [0.1, 0.15) is 17.0 Å². The first kappa shape index (κ1) is 13.1. The Balaban J connectivity index is 2.02. The van der Waals surface area contributed by atoms with Gasteiger partial charge in [0.25, 0.3) is 0 Å². The van der Waals surface area contributed by atoms with E-state index in [9.17, 15) is 0 Å². The minimum absolute atomic E-state index is 0.129. The van der Waals surface area contributed by atoms with Gasteiger partial charge in [-0.25, -0.2) is 9.97 Å². The van der Waals surface area contributed by atoms with E-state index < -0.39 is 0 Å². The highest BCUT2D eigenvalue weighted by atomic mass is 32.2. The Bertz CT molecular complexity index is 690. The Morgan fingerprint density at radius 1 is 1.45 bits per heavy atom. The highest BCUT2D eigenvalue weighted by molar-refractivity contribution is 7.99. The van der Waals surface area contributed by atoms with Crippen molar-refractivity contribution >= 4 is 17.4 Å². The van der Waals surface area contributed by atoms with Gasteiger partial charge in [-0.3, -0.25) is 5.10 Å². The van der Waals surface area contributed by atoms with Gasteiger partial charge >= 0.3 is 0 Å². The Labute approximate surface area is 120 Å². The lowest BCUT2D eigenvalue weighted by Crippen LogP contribution is -2.22. The van der Waals surface area contributed by atoms with E-state index in [1.807, 2.05) is 24.4 Å². The lowest BCUT2D eigenvalue weighted by molar-refractivity contribution is 0.627. The molecule has 0 amide bonds. The summed E-state index contributed by atoms with van der Waals surface area (Å²) in [6.45, 7) is 2.09. The average molecular weight is 288 g/mol. The third-order valence-corrected chi connectivity index (χ3v) is 4.07. The van der Waals surface area contributed by atoms with Gasteiger partial charge in [0.2, 0.25) is 0 Å². The largest absolute Gasteiger partial charge is 0.327 e. The van der Waals surface area contributed by atoms with Crippen LogP contribution in [0.3, 0.4) is 0 Å². The number of aromatic nitrogens is 5. The Morgan fingerprint density at radius 2 is 2.35 bits per heavy atom. The molecule has 0 spiro atoms. The molecule has 3 N–H and O–H groups in total. The van der Waals surface area contributed by atoms with Gasteiger partial charge in [-0.1, -0.05) is 13.0 Å². The van der Waals surface area contributed by atoms with Crippen LogP contribution in [-0.4, -0.2) is 30.6 Å². The minimum Gasteiger partial charge on any atom is -0.327 e. The molecule has 0 radical (unpaired) electrons. The quantitative estimate of drug-likeness (QED) is 0.749. The van der Waals surface area contributed by atoms with E-state index in [0.29, 0.717) is 0 Å². The zero-order valence-electron chi connectivity index (χ0n) is 11.2. The van der Waals surface area contributed by atoms with E-state index in [-0.39, 0.29) is 6.04 Å². The van der Waals surface area contributed by atoms with Crippen molar-refractivity contribution in [2.24, 2.45) is 5.73 Å². The van der Waals surface area contributed by atoms with Crippen molar-refractivity contribution in [1.82, 2.24) is 24.6 Å². The number of hydrogen-bond donors (Lipinski definition) is 2. The van der Waals surface area contributed by atoms with E-state index in [0.717, 1.165) is 34.4 Å². The number of nitrogens with two attached hydrogens (primary N) is 1. The minimum atomic E-state index is 0.129. The summed E-state index contributed by atoms with van der Waals surface area (Å²) in [6, 6.07) is 6.10. The predicted octanol–water partition coefficient (Wildman–Crippen LogP) is 1.88. The van der Waals surface area contributed by atoms with Crippen molar-refractivity contribution in [3.8, 4) is 0 Å². The second-order valence-corrected chi connectivity index (χ2v) is 5.54. The maximum Gasteiger partial charge on any atom is 0.189 e. The molecule has 104 valence electrons. The molecule has 0 aliphatic heterocycles. The molecule has 3 heterocycles. The van der Waals surface area contributed by atoms with Crippen molar-refractivity contribution in [1.29, 1.82) is 0 Å². The van der Waals surface area contributed by atoms with E-state index >= 15 is 0 Å².